The quantitative estimate of drug-likeness (QED) is 0.437. The minimum atomic E-state index is -2.16. The van der Waals surface area contributed by atoms with E-state index in [0.29, 0.717) is 11.3 Å². The van der Waals surface area contributed by atoms with Gasteiger partial charge in [0.2, 0.25) is 0 Å². The van der Waals surface area contributed by atoms with Gasteiger partial charge >= 0.3 is 208 Å². The molecule has 2 aromatic carbocycles. The monoisotopic (exact) mass is 580 g/mol. The summed E-state index contributed by atoms with van der Waals surface area (Å²) in [7, 11) is 0. The van der Waals surface area contributed by atoms with E-state index in [9.17, 15) is 0 Å². The number of hydrogen-bond acceptors (Lipinski definition) is 0. The van der Waals surface area contributed by atoms with Crippen LogP contribution in [0.3, 0.4) is 0 Å². The Morgan fingerprint density at radius 2 is 1.51 bits per heavy atom. The largest absolute Gasteiger partial charge is 1.00 e. The number of fused-ring (bicyclic) bond motifs is 3. The van der Waals surface area contributed by atoms with Gasteiger partial charge in [-0.1, -0.05) is 0 Å². The van der Waals surface area contributed by atoms with Crippen molar-refractivity contribution in [3.8, 4) is 11.1 Å². The molecule has 0 amide bonds. The molecule has 0 saturated heterocycles. The maximum atomic E-state index is 5.00. The van der Waals surface area contributed by atoms with Gasteiger partial charge < -0.3 is 24.8 Å². The van der Waals surface area contributed by atoms with Crippen LogP contribution in [0.5, 0.6) is 0 Å². The van der Waals surface area contributed by atoms with Gasteiger partial charge in [-0.2, -0.15) is 0 Å². The van der Waals surface area contributed by atoms with Crippen molar-refractivity contribution in [2.24, 2.45) is 29.1 Å². The van der Waals surface area contributed by atoms with Crippen molar-refractivity contribution >= 4 is 7.48 Å². The van der Waals surface area contributed by atoms with Gasteiger partial charge in [0.25, 0.3) is 0 Å². The third-order valence-electron chi connectivity index (χ3n) is 10.0. The minimum absolute atomic E-state index is 0. The topological polar surface area (TPSA) is 0 Å². The molecule has 6 aliphatic carbocycles. The van der Waals surface area contributed by atoms with Gasteiger partial charge in [0.1, 0.15) is 0 Å². The zero-order chi connectivity index (χ0) is 22.3. The second-order valence-electron chi connectivity index (χ2n) is 12.3. The molecule has 1 atom stereocenters. The van der Waals surface area contributed by atoms with Crippen molar-refractivity contribution < 1.29 is 46.1 Å². The molecule has 0 heterocycles. The van der Waals surface area contributed by atoms with Crippen LogP contribution in [0, 0.1) is 29.1 Å². The van der Waals surface area contributed by atoms with E-state index in [2.05, 4.69) is 62.4 Å². The molecule has 4 fully saturated rings. The predicted molar refractivity (Wildman–Crippen MR) is 137 cm³/mol. The van der Waals surface area contributed by atoms with Gasteiger partial charge in [-0.15, -0.1) is 0 Å². The van der Waals surface area contributed by atoms with Crippen LogP contribution in [-0.2, 0) is 27.7 Å². The van der Waals surface area contributed by atoms with E-state index in [1.807, 2.05) is 0 Å². The molecule has 0 nitrogen and oxygen atoms in total. The molecule has 4 saturated carbocycles. The molecule has 0 aliphatic heterocycles. The van der Waals surface area contributed by atoms with E-state index in [-0.39, 0.29) is 24.8 Å². The van der Waals surface area contributed by atoms with Gasteiger partial charge in [-0.25, -0.2) is 0 Å². The average Bonchev–Trinajstić information content (AvgIpc) is 3.28. The van der Waals surface area contributed by atoms with Gasteiger partial charge in [0.15, 0.2) is 0 Å². The summed E-state index contributed by atoms with van der Waals surface area (Å²) < 4.78 is 8.43. The fourth-order valence-corrected chi connectivity index (χ4v) is 15.2. The molecule has 0 N–H and O–H groups in total. The van der Waals surface area contributed by atoms with Gasteiger partial charge in [0, 0.05) is 0 Å². The molecular weight excluding hydrogens is 546 g/mol. The van der Waals surface area contributed by atoms with Crippen molar-refractivity contribution in [3.63, 3.8) is 0 Å². The molecule has 2 aromatic rings. The maximum Gasteiger partial charge on any atom is -1.00 e. The van der Waals surface area contributed by atoms with Gasteiger partial charge in [0.05, 0.1) is 0 Å². The predicted octanol–water partition coefficient (Wildman–Crippen LogP) is 1.40. The number of benzene rings is 2. The molecule has 3 heteroatoms. The molecule has 4 bridgehead atoms. The summed E-state index contributed by atoms with van der Waals surface area (Å²) in [5.41, 5.74) is 10.1. The van der Waals surface area contributed by atoms with Crippen LogP contribution in [0.4, 0.5) is 0 Å². The standard InChI is InChI=1S/C18H25.C13H9.CH2.2ClH.Zr/c1-12-3-13(2)17(4-12)11-18-8-14-5-15(9-18)7-16(6-14)10-18;1-3-7-12-10(5-1)9-11-6-2-4-8-13(11)12;;;;/h4,12,14-16H,5-11H2,1-2H3;1-5,7-8H,9H2;1H2;2*1H;/q;;;;;+2/p-2. The van der Waals surface area contributed by atoms with E-state index >= 15 is 0 Å². The summed E-state index contributed by atoms with van der Waals surface area (Å²) in [5, 5.41) is 0. The SMILES string of the molecule is [CH2]=[Zr+2]([C]1=C(C)C(CC23CC4CC(CC(C4)C2)C3)=CC1C)[c]1cccc2c1Cc1ccccc1-2.[Cl-].[Cl-]. The van der Waals surface area contributed by atoms with Gasteiger partial charge in [-0.3, -0.25) is 0 Å². The first-order valence-electron chi connectivity index (χ1n) is 13.3. The van der Waals surface area contributed by atoms with Crippen LogP contribution >= 0.6 is 0 Å². The normalized spacial score (nSPS) is 31.2. The second kappa shape index (κ2) is 9.53. The van der Waals surface area contributed by atoms with Crippen LogP contribution < -0.4 is 28.1 Å². The Hall–Kier alpha value is -0.747. The third kappa shape index (κ3) is 4.17. The van der Waals surface area contributed by atoms with Crippen LogP contribution in [0.1, 0.15) is 69.9 Å². The zero-order valence-corrected chi connectivity index (χ0v) is 25.0. The van der Waals surface area contributed by atoms with Crippen molar-refractivity contribution in [2.45, 2.75) is 65.2 Å². The second-order valence-corrected chi connectivity index (χ2v) is 17.3. The molecule has 0 aromatic heterocycles. The maximum absolute atomic E-state index is 5.00. The van der Waals surface area contributed by atoms with Crippen LogP contribution in [-0.4, -0.2) is 4.21 Å². The molecule has 0 radical (unpaired) electrons. The fraction of sp³-hybridized carbons (Fsp3) is 0.469. The Kier molecular flexibility index (Phi) is 7.05. The van der Waals surface area contributed by atoms with Crippen molar-refractivity contribution in [1.29, 1.82) is 0 Å². The van der Waals surface area contributed by atoms with Crippen molar-refractivity contribution in [2.75, 3.05) is 0 Å². The first-order chi connectivity index (χ1) is 16.0. The smallest absolute Gasteiger partial charge is 1.00 e. The average molecular weight is 583 g/mol. The first-order valence-corrected chi connectivity index (χ1v) is 17.5. The Morgan fingerprint density at radius 1 is 0.886 bits per heavy atom. The first kappa shape index (κ1) is 25.9. The fourth-order valence-electron chi connectivity index (χ4n) is 9.21. The van der Waals surface area contributed by atoms with Crippen LogP contribution in [0.2, 0.25) is 0 Å². The molecular formula is C32H36Cl2Zr. The number of hydrogen-bond donors (Lipinski definition) is 0. The van der Waals surface area contributed by atoms with Crippen molar-refractivity contribution in [3.05, 3.63) is 74.1 Å². The summed E-state index contributed by atoms with van der Waals surface area (Å²) in [4.78, 5) is 0. The van der Waals surface area contributed by atoms with Crippen LogP contribution in [0.25, 0.3) is 11.1 Å². The zero-order valence-electron chi connectivity index (χ0n) is 21.0. The van der Waals surface area contributed by atoms with Crippen LogP contribution in [0.15, 0.2) is 63.0 Å². The summed E-state index contributed by atoms with van der Waals surface area (Å²) in [5.74, 6) is 3.74. The molecule has 0 spiro atoms. The molecule has 182 valence electrons. The van der Waals surface area contributed by atoms with E-state index in [1.165, 1.54) is 42.4 Å². The molecule has 6 aliphatic rings. The number of allylic oxidation sites excluding steroid dienone is 4. The minimum Gasteiger partial charge on any atom is -1.00 e. The Labute approximate surface area is 231 Å². The molecule has 8 rings (SSSR count). The van der Waals surface area contributed by atoms with E-state index in [0.717, 1.165) is 24.2 Å². The van der Waals surface area contributed by atoms with E-state index in [4.69, 9.17) is 4.21 Å². The molecule has 1 unspecified atom stereocenters. The van der Waals surface area contributed by atoms with E-state index in [1.54, 1.807) is 42.5 Å². The Balaban J connectivity index is 0.00000127. The number of halogens is 2. The Bertz CT molecular complexity index is 1210. The third-order valence-corrected chi connectivity index (χ3v) is 16.4. The molecule has 35 heavy (non-hydrogen) atoms. The number of rotatable bonds is 4. The summed E-state index contributed by atoms with van der Waals surface area (Å²) in [6.07, 6.45) is 14.4. The van der Waals surface area contributed by atoms with Crippen molar-refractivity contribution in [1.82, 2.24) is 0 Å². The van der Waals surface area contributed by atoms with Gasteiger partial charge in [-0.05, 0) is 0 Å². The summed E-state index contributed by atoms with van der Waals surface area (Å²) in [6, 6.07) is 16.1. The Morgan fingerprint density at radius 3 is 2.20 bits per heavy atom. The van der Waals surface area contributed by atoms with E-state index < -0.39 is 21.3 Å². The summed E-state index contributed by atoms with van der Waals surface area (Å²) in [6.45, 7) is 4.93. The summed E-state index contributed by atoms with van der Waals surface area (Å²) >= 11 is -2.16.